The molecule has 2 aromatic heterocycles. The zero-order valence-electron chi connectivity index (χ0n) is 16.1. The highest BCUT2D eigenvalue weighted by atomic mass is 32.1. The van der Waals surface area contributed by atoms with Crippen LogP contribution in [0.25, 0.3) is 10.1 Å². The molecular weight excluding hydrogens is 392 g/mol. The van der Waals surface area contributed by atoms with Crippen LogP contribution in [0.1, 0.15) is 35.6 Å². The molecule has 2 amide bonds. The number of benzene rings is 1. The average molecular weight is 414 g/mol. The van der Waals surface area contributed by atoms with E-state index in [0.29, 0.717) is 22.7 Å². The number of carbonyl (C=O) groups is 3. The van der Waals surface area contributed by atoms with Gasteiger partial charge in [0.2, 0.25) is 5.91 Å². The third-order valence-corrected chi connectivity index (χ3v) is 5.36. The van der Waals surface area contributed by atoms with Gasteiger partial charge < -0.3 is 20.7 Å². The molecule has 0 aliphatic heterocycles. The van der Waals surface area contributed by atoms with E-state index < -0.39 is 17.9 Å². The number of aromatic amines is 1. The van der Waals surface area contributed by atoms with Gasteiger partial charge in [-0.3, -0.25) is 9.59 Å². The van der Waals surface area contributed by atoms with Crippen molar-refractivity contribution in [1.29, 1.82) is 0 Å². The molecule has 0 radical (unpaired) electrons. The predicted molar refractivity (Wildman–Crippen MR) is 111 cm³/mol. The number of anilines is 1. The van der Waals surface area contributed by atoms with Gasteiger partial charge in [-0.25, -0.2) is 9.78 Å². The minimum atomic E-state index is -1.05. The maximum Gasteiger partial charge on any atom is 0.326 e. The number of carbonyl (C=O) groups excluding carboxylic acids is 2. The fourth-order valence-corrected chi connectivity index (χ4v) is 3.86. The topological polar surface area (TPSA) is 124 Å². The van der Waals surface area contributed by atoms with Crippen molar-refractivity contribution in [1.82, 2.24) is 15.3 Å². The van der Waals surface area contributed by atoms with Crippen molar-refractivity contribution in [2.75, 3.05) is 5.32 Å². The molecule has 0 fully saturated rings. The Morgan fingerprint density at radius 1 is 1.24 bits per heavy atom. The summed E-state index contributed by atoms with van der Waals surface area (Å²) in [5.74, 6) is -1.49. The summed E-state index contributed by atoms with van der Waals surface area (Å²) < 4.78 is 0.873. The minimum absolute atomic E-state index is 0.145. The van der Waals surface area contributed by atoms with Crippen LogP contribution in [-0.4, -0.2) is 38.9 Å². The summed E-state index contributed by atoms with van der Waals surface area (Å²) in [6.07, 6.45) is 3.65. The number of imidazole rings is 1. The Kier molecular flexibility index (Phi) is 6.28. The Hall–Kier alpha value is -3.20. The number of hydrogen-bond acceptors (Lipinski definition) is 5. The normalized spacial score (nSPS) is 12.1. The monoisotopic (exact) mass is 414 g/mol. The number of nitrogens with one attached hydrogen (secondary N) is 3. The van der Waals surface area contributed by atoms with Crippen LogP contribution in [0.4, 0.5) is 5.69 Å². The van der Waals surface area contributed by atoms with E-state index in [1.54, 1.807) is 24.4 Å². The van der Waals surface area contributed by atoms with Crippen molar-refractivity contribution in [3.05, 3.63) is 47.4 Å². The van der Waals surface area contributed by atoms with Gasteiger partial charge in [-0.15, -0.1) is 11.3 Å². The second kappa shape index (κ2) is 8.87. The predicted octanol–water partition coefficient (Wildman–Crippen LogP) is 3.03. The summed E-state index contributed by atoms with van der Waals surface area (Å²) in [7, 11) is 0. The SMILES string of the molecule is CC(C)CC(NC(=O)c1cc2cc(NC(=O)Cc3cnc[nH]3)ccc2s1)C(=O)O. The van der Waals surface area contributed by atoms with Crippen molar-refractivity contribution in [3.63, 3.8) is 0 Å². The molecule has 0 bridgehead atoms. The molecule has 1 unspecified atom stereocenters. The van der Waals surface area contributed by atoms with Gasteiger partial charge in [-0.2, -0.15) is 0 Å². The van der Waals surface area contributed by atoms with Crippen LogP contribution < -0.4 is 10.6 Å². The highest BCUT2D eigenvalue weighted by Crippen LogP contribution is 2.28. The van der Waals surface area contributed by atoms with Crippen molar-refractivity contribution in [2.45, 2.75) is 32.7 Å². The molecule has 29 heavy (non-hydrogen) atoms. The highest BCUT2D eigenvalue weighted by Gasteiger charge is 2.22. The van der Waals surface area contributed by atoms with E-state index in [1.807, 2.05) is 19.9 Å². The molecule has 1 atom stereocenters. The largest absolute Gasteiger partial charge is 0.480 e. The van der Waals surface area contributed by atoms with E-state index in [4.69, 9.17) is 0 Å². The molecule has 1 aromatic carbocycles. The Labute approximate surface area is 171 Å². The number of aromatic nitrogens is 2. The van der Waals surface area contributed by atoms with E-state index in [0.717, 1.165) is 10.1 Å². The van der Waals surface area contributed by atoms with Crippen LogP contribution in [-0.2, 0) is 16.0 Å². The maximum atomic E-state index is 12.5. The van der Waals surface area contributed by atoms with Gasteiger partial charge in [0.1, 0.15) is 6.04 Å². The zero-order chi connectivity index (χ0) is 21.0. The maximum absolute atomic E-state index is 12.5. The Bertz CT molecular complexity index is 1030. The second-order valence-electron chi connectivity index (χ2n) is 7.16. The lowest BCUT2D eigenvalue weighted by molar-refractivity contribution is -0.139. The van der Waals surface area contributed by atoms with Gasteiger partial charge in [0.05, 0.1) is 17.6 Å². The van der Waals surface area contributed by atoms with Gasteiger partial charge in [0.25, 0.3) is 5.91 Å². The summed E-state index contributed by atoms with van der Waals surface area (Å²) >= 11 is 1.28. The number of amides is 2. The number of rotatable bonds is 8. The third kappa shape index (κ3) is 5.41. The first kappa shape index (κ1) is 20.5. The molecule has 152 valence electrons. The molecule has 4 N–H and O–H groups in total. The van der Waals surface area contributed by atoms with Gasteiger partial charge in [-0.1, -0.05) is 13.8 Å². The first-order chi connectivity index (χ1) is 13.8. The van der Waals surface area contributed by atoms with Crippen LogP contribution in [0, 0.1) is 5.92 Å². The first-order valence-electron chi connectivity index (χ1n) is 9.16. The van der Waals surface area contributed by atoms with E-state index in [9.17, 15) is 19.5 Å². The van der Waals surface area contributed by atoms with E-state index >= 15 is 0 Å². The fraction of sp³-hybridized carbons (Fsp3) is 0.300. The number of nitrogens with zero attached hydrogens (tertiary/aromatic N) is 1. The third-order valence-electron chi connectivity index (χ3n) is 4.24. The number of hydrogen-bond donors (Lipinski definition) is 4. The Morgan fingerprint density at radius 3 is 2.69 bits per heavy atom. The second-order valence-corrected chi connectivity index (χ2v) is 8.24. The van der Waals surface area contributed by atoms with Crippen molar-refractivity contribution in [3.8, 4) is 0 Å². The van der Waals surface area contributed by atoms with Crippen molar-refractivity contribution in [2.24, 2.45) is 5.92 Å². The number of carboxylic acids is 1. The Morgan fingerprint density at radius 2 is 2.03 bits per heavy atom. The number of aliphatic carboxylic acids is 1. The van der Waals surface area contributed by atoms with Crippen LogP contribution in [0.15, 0.2) is 36.8 Å². The molecule has 0 spiro atoms. The lowest BCUT2D eigenvalue weighted by Gasteiger charge is -2.15. The van der Waals surface area contributed by atoms with E-state index in [2.05, 4.69) is 20.6 Å². The summed E-state index contributed by atoms with van der Waals surface area (Å²) in [6, 6.07) is 6.16. The van der Waals surface area contributed by atoms with Gasteiger partial charge in [-0.05, 0) is 42.0 Å². The van der Waals surface area contributed by atoms with Crippen LogP contribution in [0.2, 0.25) is 0 Å². The van der Waals surface area contributed by atoms with Crippen LogP contribution in [0.5, 0.6) is 0 Å². The smallest absolute Gasteiger partial charge is 0.326 e. The molecule has 0 saturated carbocycles. The zero-order valence-corrected chi connectivity index (χ0v) is 16.9. The summed E-state index contributed by atoms with van der Waals surface area (Å²) in [4.78, 5) is 43.2. The lowest BCUT2D eigenvalue weighted by Crippen LogP contribution is -2.41. The molecule has 0 saturated heterocycles. The van der Waals surface area contributed by atoms with E-state index in [-0.39, 0.29) is 18.2 Å². The first-order valence-corrected chi connectivity index (χ1v) is 9.98. The van der Waals surface area contributed by atoms with Crippen LogP contribution in [0.3, 0.4) is 0 Å². The number of fused-ring (bicyclic) bond motifs is 1. The van der Waals surface area contributed by atoms with E-state index in [1.165, 1.54) is 17.7 Å². The molecule has 2 heterocycles. The standard InChI is InChI=1S/C20H22N4O4S/c1-11(2)5-15(20(27)28)24-19(26)17-7-12-6-13(3-4-16(12)29-17)23-18(25)8-14-9-21-10-22-14/h3-4,6-7,9-11,15H,5,8H2,1-2H3,(H,21,22)(H,23,25)(H,24,26)(H,27,28). The summed E-state index contributed by atoms with van der Waals surface area (Å²) in [6.45, 7) is 3.81. The minimum Gasteiger partial charge on any atom is -0.480 e. The molecule has 9 heteroatoms. The average Bonchev–Trinajstić information content (AvgIpc) is 3.29. The molecule has 8 nitrogen and oxygen atoms in total. The molecule has 0 aliphatic rings. The number of carboxylic acid groups (broad SMARTS) is 1. The summed E-state index contributed by atoms with van der Waals surface area (Å²) in [5, 5.41) is 15.5. The highest BCUT2D eigenvalue weighted by molar-refractivity contribution is 7.20. The molecule has 0 aliphatic carbocycles. The van der Waals surface area contributed by atoms with Crippen molar-refractivity contribution < 1.29 is 19.5 Å². The lowest BCUT2D eigenvalue weighted by atomic mass is 10.0. The summed E-state index contributed by atoms with van der Waals surface area (Å²) in [5.41, 5.74) is 1.34. The molecule has 3 aromatic rings. The molecular formula is C20H22N4O4S. The van der Waals surface area contributed by atoms with Gasteiger partial charge in [0.15, 0.2) is 0 Å². The quantitative estimate of drug-likeness (QED) is 0.451. The fourth-order valence-electron chi connectivity index (χ4n) is 2.91. The van der Waals surface area contributed by atoms with Crippen LogP contribution >= 0.6 is 11.3 Å². The Balaban J connectivity index is 1.70. The molecule has 3 rings (SSSR count). The van der Waals surface area contributed by atoms with Gasteiger partial charge in [0, 0.05) is 22.3 Å². The number of thiophene rings is 1. The number of H-pyrrole nitrogens is 1. The van der Waals surface area contributed by atoms with Gasteiger partial charge >= 0.3 is 5.97 Å². The van der Waals surface area contributed by atoms with Crippen molar-refractivity contribution >= 4 is 44.9 Å².